The van der Waals surface area contributed by atoms with Crippen LogP contribution in [-0.2, 0) is 0 Å². The van der Waals surface area contributed by atoms with Crippen molar-refractivity contribution in [2.75, 3.05) is 31.6 Å². The van der Waals surface area contributed by atoms with Crippen molar-refractivity contribution in [1.29, 1.82) is 0 Å². The van der Waals surface area contributed by atoms with E-state index in [9.17, 15) is 5.11 Å². The summed E-state index contributed by atoms with van der Waals surface area (Å²) in [5, 5.41) is 14.7. The first-order valence-corrected chi connectivity index (χ1v) is 7.45. The summed E-state index contributed by atoms with van der Waals surface area (Å²) in [5.41, 5.74) is 2.59. The number of hydrogen-bond donors (Lipinski definition) is 2. The standard InChI is InChI=1S/C16H22N4O/c1-12-9-15(13-10-18-6-3-14(13)19-12)20-7-4-16(21,5-8-20)11-17-2/h3,6,9-10,17,21H,4-5,7-8,11H2,1-2H3. The molecule has 0 radical (unpaired) electrons. The van der Waals surface area contributed by atoms with Gasteiger partial charge in [-0.3, -0.25) is 9.97 Å². The lowest BCUT2D eigenvalue weighted by Crippen LogP contribution is -2.49. The highest BCUT2D eigenvalue weighted by Crippen LogP contribution is 2.31. The molecule has 21 heavy (non-hydrogen) atoms. The Hall–Kier alpha value is -1.72. The van der Waals surface area contributed by atoms with Crippen LogP contribution in [0.25, 0.3) is 10.9 Å². The minimum atomic E-state index is -0.582. The van der Waals surface area contributed by atoms with Crippen LogP contribution in [0.2, 0.25) is 0 Å². The molecule has 2 N–H and O–H groups in total. The van der Waals surface area contributed by atoms with E-state index >= 15 is 0 Å². The van der Waals surface area contributed by atoms with Crippen LogP contribution in [-0.4, -0.2) is 47.4 Å². The molecule has 112 valence electrons. The van der Waals surface area contributed by atoms with Crippen LogP contribution in [0.4, 0.5) is 5.69 Å². The first-order valence-electron chi connectivity index (χ1n) is 7.45. The number of rotatable bonds is 3. The molecular weight excluding hydrogens is 264 g/mol. The van der Waals surface area contributed by atoms with Gasteiger partial charge in [-0.1, -0.05) is 0 Å². The maximum Gasteiger partial charge on any atom is 0.0805 e. The molecule has 0 aliphatic carbocycles. The minimum absolute atomic E-state index is 0.582. The van der Waals surface area contributed by atoms with Crippen molar-refractivity contribution in [3.05, 3.63) is 30.2 Å². The summed E-state index contributed by atoms with van der Waals surface area (Å²) >= 11 is 0. The number of aromatic nitrogens is 2. The van der Waals surface area contributed by atoms with E-state index in [1.165, 1.54) is 5.69 Å². The van der Waals surface area contributed by atoms with Crippen molar-refractivity contribution >= 4 is 16.6 Å². The molecule has 5 nitrogen and oxygen atoms in total. The van der Waals surface area contributed by atoms with Gasteiger partial charge >= 0.3 is 0 Å². The smallest absolute Gasteiger partial charge is 0.0805 e. The molecule has 2 aromatic heterocycles. The molecule has 5 heteroatoms. The molecule has 0 amide bonds. The van der Waals surface area contributed by atoms with Crippen LogP contribution in [0.3, 0.4) is 0 Å². The molecule has 0 bridgehead atoms. The molecular formula is C16H22N4O. The van der Waals surface area contributed by atoms with Crippen molar-refractivity contribution in [2.45, 2.75) is 25.4 Å². The SMILES string of the molecule is CNCC1(O)CCN(c2cc(C)nc3ccncc23)CC1. The second kappa shape index (κ2) is 5.58. The monoisotopic (exact) mass is 286 g/mol. The topological polar surface area (TPSA) is 61.3 Å². The van der Waals surface area contributed by atoms with Crippen LogP contribution >= 0.6 is 0 Å². The molecule has 1 aliphatic rings. The Labute approximate surface area is 125 Å². The van der Waals surface area contributed by atoms with Crippen molar-refractivity contribution in [1.82, 2.24) is 15.3 Å². The Morgan fingerprint density at radius 3 is 2.86 bits per heavy atom. The molecule has 2 aromatic rings. The summed E-state index contributed by atoms with van der Waals surface area (Å²) in [6.07, 6.45) is 5.21. The largest absolute Gasteiger partial charge is 0.388 e. The summed E-state index contributed by atoms with van der Waals surface area (Å²) in [5.74, 6) is 0. The molecule has 3 rings (SSSR count). The van der Waals surface area contributed by atoms with E-state index in [0.29, 0.717) is 6.54 Å². The van der Waals surface area contributed by atoms with E-state index in [1.54, 1.807) is 6.20 Å². The normalized spacial score (nSPS) is 18.1. The Balaban J connectivity index is 1.89. The summed E-state index contributed by atoms with van der Waals surface area (Å²) in [6, 6.07) is 4.07. The predicted octanol–water partition coefficient (Wildman–Crippen LogP) is 1.49. The third kappa shape index (κ3) is 2.84. The lowest BCUT2D eigenvalue weighted by atomic mass is 9.91. The molecule has 0 unspecified atom stereocenters. The van der Waals surface area contributed by atoms with Crippen molar-refractivity contribution in [3.63, 3.8) is 0 Å². The number of aliphatic hydroxyl groups is 1. The van der Waals surface area contributed by atoms with Crippen molar-refractivity contribution in [2.24, 2.45) is 0 Å². The van der Waals surface area contributed by atoms with Gasteiger partial charge in [0.25, 0.3) is 0 Å². The average molecular weight is 286 g/mol. The highest BCUT2D eigenvalue weighted by Gasteiger charge is 2.32. The second-order valence-corrected chi connectivity index (χ2v) is 5.92. The summed E-state index contributed by atoms with van der Waals surface area (Å²) in [4.78, 5) is 11.1. The highest BCUT2D eigenvalue weighted by molar-refractivity contribution is 5.91. The molecule has 0 atom stereocenters. The number of anilines is 1. The minimum Gasteiger partial charge on any atom is -0.388 e. The van der Waals surface area contributed by atoms with Crippen LogP contribution in [0, 0.1) is 6.92 Å². The first-order chi connectivity index (χ1) is 10.1. The number of fused-ring (bicyclic) bond motifs is 1. The maximum atomic E-state index is 10.5. The van der Waals surface area contributed by atoms with E-state index in [2.05, 4.69) is 26.3 Å². The summed E-state index contributed by atoms with van der Waals surface area (Å²) in [6.45, 7) is 4.38. The van der Waals surface area contributed by atoms with Crippen molar-refractivity contribution < 1.29 is 5.11 Å². The second-order valence-electron chi connectivity index (χ2n) is 5.92. The van der Waals surface area contributed by atoms with E-state index in [-0.39, 0.29) is 0 Å². The van der Waals surface area contributed by atoms with Gasteiger partial charge in [-0.15, -0.1) is 0 Å². The first kappa shape index (κ1) is 14.2. The van der Waals surface area contributed by atoms with Gasteiger partial charge in [0.1, 0.15) is 0 Å². The van der Waals surface area contributed by atoms with Gasteiger partial charge < -0.3 is 15.3 Å². The molecule has 1 fully saturated rings. The van der Waals surface area contributed by atoms with Crippen LogP contribution < -0.4 is 10.2 Å². The Morgan fingerprint density at radius 2 is 2.14 bits per heavy atom. The average Bonchev–Trinajstić information content (AvgIpc) is 2.47. The van der Waals surface area contributed by atoms with Gasteiger partial charge in [-0.25, -0.2) is 0 Å². The summed E-state index contributed by atoms with van der Waals surface area (Å²) < 4.78 is 0. The zero-order valence-electron chi connectivity index (χ0n) is 12.6. The van der Waals surface area contributed by atoms with Gasteiger partial charge in [-0.2, -0.15) is 0 Å². The van der Waals surface area contributed by atoms with Gasteiger partial charge in [0.2, 0.25) is 0 Å². The molecule has 3 heterocycles. The molecule has 1 saturated heterocycles. The van der Waals surface area contributed by atoms with Crippen LogP contribution in [0.15, 0.2) is 24.5 Å². The number of nitrogens with one attached hydrogen (secondary N) is 1. The van der Waals surface area contributed by atoms with Gasteiger partial charge in [-0.05, 0) is 38.9 Å². The number of hydrogen-bond acceptors (Lipinski definition) is 5. The fourth-order valence-corrected chi connectivity index (χ4v) is 3.11. The summed E-state index contributed by atoms with van der Waals surface area (Å²) in [7, 11) is 1.88. The quantitative estimate of drug-likeness (QED) is 0.895. The molecule has 0 aromatic carbocycles. The number of aryl methyl sites for hydroxylation is 1. The fourth-order valence-electron chi connectivity index (χ4n) is 3.11. The fraction of sp³-hybridized carbons (Fsp3) is 0.500. The lowest BCUT2D eigenvalue weighted by Gasteiger charge is -2.39. The van der Waals surface area contributed by atoms with E-state index in [0.717, 1.165) is 42.5 Å². The predicted molar refractivity (Wildman–Crippen MR) is 84.6 cm³/mol. The maximum absolute atomic E-state index is 10.5. The molecule has 0 saturated carbocycles. The van der Waals surface area contributed by atoms with E-state index in [4.69, 9.17) is 0 Å². The van der Waals surface area contributed by atoms with Gasteiger partial charge in [0.15, 0.2) is 0 Å². The van der Waals surface area contributed by atoms with Crippen molar-refractivity contribution in [3.8, 4) is 0 Å². The zero-order chi connectivity index (χ0) is 14.9. The Morgan fingerprint density at radius 1 is 1.38 bits per heavy atom. The van der Waals surface area contributed by atoms with Crippen LogP contribution in [0.5, 0.6) is 0 Å². The van der Waals surface area contributed by atoms with E-state index < -0.39 is 5.60 Å². The number of likely N-dealkylation sites (N-methyl/N-ethyl adjacent to an activating group) is 1. The Kier molecular flexibility index (Phi) is 3.78. The number of nitrogens with zero attached hydrogens (tertiary/aromatic N) is 3. The van der Waals surface area contributed by atoms with Gasteiger partial charge in [0.05, 0.1) is 11.1 Å². The number of piperidine rings is 1. The lowest BCUT2D eigenvalue weighted by molar-refractivity contribution is 0.0185. The van der Waals surface area contributed by atoms with Crippen LogP contribution in [0.1, 0.15) is 18.5 Å². The van der Waals surface area contributed by atoms with Gasteiger partial charge in [0, 0.05) is 48.8 Å². The highest BCUT2D eigenvalue weighted by atomic mass is 16.3. The van der Waals surface area contributed by atoms with E-state index in [1.807, 2.05) is 26.2 Å². The molecule has 1 aliphatic heterocycles. The third-order valence-corrected chi connectivity index (χ3v) is 4.26. The molecule has 0 spiro atoms. The Bertz CT molecular complexity index is 635. The third-order valence-electron chi connectivity index (χ3n) is 4.26. The zero-order valence-corrected chi connectivity index (χ0v) is 12.6. The number of pyridine rings is 2.